The van der Waals surface area contributed by atoms with E-state index >= 15 is 0 Å². The topological polar surface area (TPSA) is 198 Å². The van der Waals surface area contributed by atoms with E-state index in [1.165, 1.54) is 6.20 Å². The van der Waals surface area contributed by atoms with Gasteiger partial charge in [0.2, 0.25) is 23.5 Å². The number of methoxy groups -OCH3 is 1. The molecule has 0 saturated carbocycles. The number of carboxylic acids is 2. The molecule has 0 unspecified atom stereocenters. The molecule has 0 aliphatic carbocycles. The van der Waals surface area contributed by atoms with Crippen LogP contribution in [0.5, 0.6) is 23.5 Å². The number of halogens is 2. The van der Waals surface area contributed by atoms with Crippen molar-refractivity contribution in [2.75, 3.05) is 20.2 Å². The maximum atomic E-state index is 11.0. The normalized spacial score (nSPS) is 10.9. The van der Waals surface area contributed by atoms with Crippen LogP contribution in [-0.4, -0.2) is 57.3 Å². The van der Waals surface area contributed by atoms with Crippen LogP contribution in [0.3, 0.4) is 0 Å². The minimum absolute atomic E-state index is 0.0646. The number of carbonyl (C=O) groups is 2. The van der Waals surface area contributed by atoms with E-state index in [1.54, 1.807) is 19.4 Å². The first kappa shape index (κ1) is 45.5. The number of aromatic nitrogens is 3. The Kier molecular flexibility index (Phi) is 17.2. The van der Waals surface area contributed by atoms with E-state index in [9.17, 15) is 14.9 Å². The van der Waals surface area contributed by atoms with Gasteiger partial charge in [-0.1, -0.05) is 36.4 Å². The van der Waals surface area contributed by atoms with Gasteiger partial charge in [0.25, 0.3) is 0 Å². The fourth-order valence-corrected chi connectivity index (χ4v) is 7.21. The van der Waals surface area contributed by atoms with Gasteiger partial charge in [-0.05, 0) is 123 Å². The summed E-state index contributed by atoms with van der Waals surface area (Å²) in [6, 6.07) is 19.8. The summed E-state index contributed by atoms with van der Waals surface area (Å²) in [5.74, 6) is -0.194. The van der Waals surface area contributed by atoms with Gasteiger partial charge >= 0.3 is 11.9 Å². The maximum absolute atomic E-state index is 11.0. The number of pyridine rings is 3. The molecule has 0 saturated heterocycles. The van der Waals surface area contributed by atoms with Crippen LogP contribution >= 0.6 is 31.9 Å². The quantitative estimate of drug-likeness (QED) is 0.0457. The largest absolute Gasteiger partial charge is 0.481 e. The summed E-state index contributed by atoms with van der Waals surface area (Å²) < 4.78 is 25.5. The molecule has 5 rings (SSSR count). The highest BCUT2D eigenvalue weighted by Crippen LogP contribution is 2.35. The fourth-order valence-electron chi connectivity index (χ4n) is 6.26. The zero-order chi connectivity index (χ0) is 43.0. The third kappa shape index (κ3) is 12.9. The van der Waals surface area contributed by atoms with Gasteiger partial charge in [0.15, 0.2) is 0 Å². The minimum Gasteiger partial charge on any atom is -0.481 e. The number of nitriles is 1. The minimum atomic E-state index is -0.847. The summed E-state index contributed by atoms with van der Waals surface area (Å²) in [7, 11) is 1.55. The Morgan fingerprint density at radius 2 is 1.20 bits per heavy atom. The van der Waals surface area contributed by atoms with Crippen LogP contribution < -0.4 is 29.6 Å². The Morgan fingerprint density at radius 3 is 1.70 bits per heavy atom. The summed E-state index contributed by atoms with van der Waals surface area (Å²) in [6.45, 7) is 6.63. The van der Waals surface area contributed by atoms with E-state index in [-0.39, 0.29) is 32.7 Å². The van der Waals surface area contributed by atoms with Gasteiger partial charge in [-0.25, -0.2) is 0 Å². The number of rotatable bonds is 23. The van der Waals surface area contributed by atoms with Crippen LogP contribution in [0.2, 0.25) is 0 Å². The van der Waals surface area contributed by atoms with Gasteiger partial charge < -0.3 is 39.8 Å². The second-order valence-electron chi connectivity index (χ2n) is 13.8. The summed E-state index contributed by atoms with van der Waals surface area (Å²) in [6.07, 6.45) is 4.27. The predicted octanol–water partition coefficient (Wildman–Crippen LogP) is 8.21. The van der Waals surface area contributed by atoms with E-state index in [0.717, 1.165) is 44.5 Å². The van der Waals surface area contributed by atoms with Crippen molar-refractivity contribution < 1.29 is 38.7 Å². The molecule has 3 heterocycles. The average Bonchev–Trinajstić information content (AvgIpc) is 3.23. The zero-order valence-corrected chi connectivity index (χ0v) is 36.7. The lowest BCUT2D eigenvalue weighted by atomic mass is 9.92. The second-order valence-corrected chi connectivity index (χ2v) is 15.5. The molecule has 0 amide bonds. The summed E-state index contributed by atoms with van der Waals surface area (Å²) in [4.78, 5) is 35.2. The van der Waals surface area contributed by atoms with Crippen LogP contribution in [0, 0.1) is 25.2 Å². The van der Waals surface area contributed by atoms with Gasteiger partial charge in [0, 0.05) is 55.0 Å². The van der Waals surface area contributed by atoms with Crippen LogP contribution in [0.15, 0.2) is 75.9 Å². The maximum Gasteiger partial charge on any atom is 0.303 e. The lowest BCUT2D eigenvalue weighted by Crippen LogP contribution is -2.17. The summed E-state index contributed by atoms with van der Waals surface area (Å²) >= 11 is 7.22. The SMILES string of the molecule is COc1nc(OCc2cccc(-c3cccc(COc4nc(OCc5cncc(C#N)c5)c(CNCCCC(=O)O)cc4Br)c3C)c2C)c(Br)cc1CNCCCC(=O)O. The second kappa shape index (κ2) is 22.7. The molecule has 60 heavy (non-hydrogen) atoms. The van der Waals surface area contributed by atoms with Crippen LogP contribution in [-0.2, 0) is 42.5 Å². The van der Waals surface area contributed by atoms with Gasteiger partial charge in [-0.2, -0.15) is 15.2 Å². The monoisotopic (exact) mass is 944 g/mol. The van der Waals surface area contributed by atoms with E-state index in [2.05, 4.69) is 84.5 Å². The number of benzene rings is 2. The highest BCUT2D eigenvalue weighted by Gasteiger charge is 2.18. The number of carboxylic acid groups (broad SMARTS) is 2. The molecule has 0 fully saturated rings. The number of nitrogens with zero attached hydrogens (tertiary/aromatic N) is 4. The van der Waals surface area contributed by atoms with Crippen LogP contribution in [0.1, 0.15) is 70.2 Å². The van der Waals surface area contributed by atoms with Crippen molar-refractivity contribution in [2.24, 2.45) is 0 Å². The summed E-state index contributed by atoms with van der Waals surface area (Å²) in [5.41, 5.74) is 8.82. The molecule has 0 bridgehead atoms. The lowest BCUT2D eigenvalue weighted by Gasteiger charge is -2.18. The Balaban J connectivity index is 1.29. The van der Waals surface area contributed by atoms with Crippen LogP contribution in [0.4, 0.5) is 0 Å². The van der Waals surface area contributed by atoms with Crippen molar-refractivity contribution in [3.8, 4) is 40.7 Å². The van der Waals surface area contributed by atoms with Gasteiger partial charge in [-0.3, -0.25) is 14.6 Å². The molecule has 2 aromatic carbocycles. The number of hydrogen-bond acceptors (Lipinski definition) is 12. The Labute approximate surface area is 365 Å². The highest BCUT2D eigenvalue weighted by atomic mass is 79.9. The van der Waals surface area contributed by atoms with Crippen molar-refractivity contribution in [1.29, 1.82) is 5.26 Å². The molecule has 0 aliphatic rings. The first-order chi connectivity index (χ1) is 29.0. The molecule has 4 N–H and O–H groups in total. The molecule has 0 spiro atoms. The van der Waals surface area contributed by atoms with Gasteiger partial charge in [0.1, 0.15) is 25.9 Å². The van der Waals surface area contributed by atoms with Crippen LogP contribution in [0.25, 0.3) is 11.1 Å². The molecule has 5 aromatic rings. The third-order valence-corrected chi connectivity index (χ3v) is 10.6. The van der Waals surface area contributed by atoms with E-state index in [0.29, 0.717) is 82.6 Å². The Morgan fingerprint density at radius 1 is 0.700 bits per heavy atom. The Hall–Kier alpha value is -5.60. The third-order valence-electron chi connectivity index (χ3n) is 9.49. The summed E-state index contributed by atoms with van der Waals surface area (Å²) in [5, 5.41) is 33.7. The molecule has 16 heteroatoms. The predicted molar refractivity (Wildman–Crippen MR) is 231 cm³/mol. The van der Waals surface area contributed by atoms with E-state index in [1.807, 2.05) is 36.4 Å². The van der Waals surface area contributed by atoms with E-state index in [4.69, 9.17) is 34.1 Å². The molecule has 0 aliphatic heterocycles. The van der Waals surface area contributed by atoms with Gasteiger partial charge in [-0.15, -0.1) is 0 Å². The van der Waals surface area contributed by atoms with Crippen molar-refractivity contribution in [2.45, 2.75) is 72.4 Å². The lowest BCUT2D eigenvalue weighted by molar-refractivity contribution is -0.138. The van der Waals surface area contributed by atoms with E-state index < -0.39 is 11.9 Å². The van der Waals surface area contributed by atoms with Gasteiger partial charge in [0.05, 0.1) is 21.6 Å². The molecule has 314 valence electrons. The van der Waals surface area contributed by atoms with Crippen molar-refractivity contribution >= 4 is 43.8 Å². The molecule has 3 aromatic heterocycles. The first-order valence-electron chi connectivity index (χ1n) is 19.1. The first-order valence-corrected chi connectivity index (χ1v) is 20.7. The molecular weight excluding hydrogens is 900 g/mol. The molecule has 0 radical (unpaired) electrons. The van der Waals surface area contributed by atoms with Crippen molar-refractivity contribution in [3.05, 3.63) is 120 Å². The Bertz CT molecular complexity index is 2340. The number of nitrogens with one attached hydrogen (secondary N) is 2. The highest BCUT2D eigenvalue weighted by molar-refractivity contribution is 9.10. The van der Waals surface area contributed by atoms with Crippen molar-refractivity contribution in [3.63, 3.8) is 0 Å². The molecule has 14 nitrogen and oxygen atoms in total. The zero-order valence-electron chi connectivity index (χ0n) is 33.5. The average molecular weight is 947 g/mol. The number of ether oxygens (including phenoxy) is 4. The van der Waals surface area contributed by atoms with Crippen molar-refractivity contribution in [1.82, 2.24) is 25.6 Å². The molecular formula is C44H46Br2N6O8. The number of hydrogen-bond donors (Lipinski definition) is 4. The number of aliphatic carboxylic acids is 2. The standard InChI is InChI=1S/C44H46Br2N6O8/c1-27-31(25-59-43-37(45)17-33(41(51-43)57-3)22-48-14-6-12-39(53)54)8-4-10-35(27)36-11-5-9-32(28(36)2)26-60-44-38(46)18-34(23-49-15-7-13-40(55)56)42(52-44)58-24-30-16-29(19-47)20-50-21-30/h4-5,8-11,16-18,20-21,48-49H,6-7,12-15,22-26H2,1-3H3,(H,53,54)(H,55,56). The molecule has 0 atom stereocenters. The fraction of sp³-hybridized carbons (Fsp3) is 0.318. The smallest absolute Gasteiger partial charge is 0.303 e.